The van der Waals surface area contributed by atoms with Crippen LogP contribution in [0.5, 0.6) is 0 Å². The number of aliphatic hydroxyl groups excluding tert-OH is 1. The van der Waals surface area contributed by atoms with Crippen molar-refractivity contribution < 1.29 is 27.9 Å². The van der Waals surface area contributed by atoms with E-state index in [1.54, 1.807) is 48.7 Å². The molecule has 2 amide bonds. The van der Waals surface area contributed by atoms with E-state index in [2.05, 4.69) is 79.1 Å². The number of nitrogens with zero attached hydrogens (tertiary/aromatic N) is 9. The van der Waals surface area contributed by atoms with Crippen LogP contribution in [0.25, 0.3) is 22.3 Å². The number of alkyl halides is 3. The van der Waals surface area contributed by atoms with Crippen molar-refractivity contribution in [2.24, 2.45) is 12.5 Å². The van der Waals surface area contributed by atoms with E-state index in [9.17, 15) is 32.7 Å². The maximum atomic E-state index is 14.1. The molecule has 1 unspecified atom stereocenters. The molecular formula is C51H57F3N12O4. The Kier molecular flexibility index (Phi) is 11.9. The lowest BCUT2D eigenvalue weighted by Gasteiger charge is -2.48. The number of aliphatic hydroxyl groups is 1. The van der Waals surface area contributed by atoms with Gasteiger partial charge in [-0.15, -0.1) is 0 Å². The zero-order valence-corrected chi connectivity index (χ0v) is 39.9. The van der Waals surface area contributed by atoms with Crippen LogP contribution in [0.4, 0.5) is 47.6 Å². The number of fused-ring (bicyclic) bond motifs is 4. The molecule has 0 spiro atoms. The number of anilines is 6. The first kappa shape index (κ1) is 46.7. The molecule has 0 bridgehead atoms. The highest BCUT2D eigenvalue weighted by Crippen LogP contribution is 2.41. The van der Waals surface area contributed by atoms with E-state index in [1.165, 1.54) is 21.9 Å². The Morgan fingerprint density at radius 3 is 2.56 bits per heavy atom. The number of aromatic nitrogens is 6. The summed E-state index contributed by atoms with van der Waals surface area (Å²) in [7, 11) is 1.62. The number of carbonyl (C=O) groups excluding carboxylic acids is 2. The van der Waals surface area contributed by atoms with Crippen molar-refractivity contribution in [2.45, 2.75) is 90.8 Å². The van der Waals surface area contributed by atoms with Crippen LogP contribution in [0, 0.1) is 5.41 Å². The number of piperidine rings is 1. The molecule has 6 aromatic rings. The summed E-state index contributed by atoms with van der Waals surface area (Å²) in [5, 5.41) is 17.4. The van der Waals surface area contributed by atoms with Gasteiger partial charge in [0.1, 0.15) is 22.9 Å². The largest absolute Gasteiger partial charge is 0.431 e. The van der Waals surface area contributed by atoms with Crippen molar-refractivity contribution in [1.82, 2.24) is 34.0 Å². The van der Waals surface area contributed by atoms with Crippen molar-refractivity contribution in [2.75, 3.05) is 58.1 Å². The second kappa shape index (κ2) is 17.8. The van der Waals surface area contributed by atoms with Gasteiger partial charge in [0.05, 0.1) is 35.6 Å². The first-order valence-electron chi connectivity index (χ1n) is 23.8. The molecule has 2 fully saturated rings. The topological polar surface area (TPSA) is 173 Å². The van der Waals surface area contributed by atoms with Crippen LogP contribution >= 0.6 is 0 Å². The predicted molar refractivity (Wildman–Crippen MR) is 264 cm³/mol. The summed E-state index contributed by atoms with van der Waals surface area (Å²) in [5.41, 5.74) is 6.11. The Balaban J connectivity index is 0.849. The SMILES string of the molecule is C=CC(=O)Nc1cc(Nc2nc(-c3ccnc(N4CCn5c(cc6c5CC(C)(C)C6)C4=O)c3CO)cn(C)c2=O)ccc1N1CCN(C2CCN(c3cnc4[nH]c(C(F)(F)F)cc4c3)[C@H](C)C2)C[C@@H]1C. The fraction of sp³-hybridized carbons (Fsp3) is 0.412. The lowest BCUT2D eigenvalue weighted by molar-refractivity contribution is -0.140. The van der Waals surface area contributed by atoms with E-state index in [4.69, 9.17) is 4.98 Å². The average molecular weight is 959 g/mol. The van der Waals surface area contributed by atoms with E-state index in [-0.39, 0.29) is 34.9 Å². The number of H-pyrrole nitrogens is 1. The summed E-state index contributed by atoms with van der Waals surface area (Å²) in [6, 6.07) is 12.6. The zero-order valence-electron chi connectivity index (χ0n) is 39.9. The van der Waals surface area contributed by atoms with E-state index >= 15 is 0 Å². The number of piperazine rings is 1. The molecule has 3 atom stereocenters. The minimum absolute atomic E-state index is 0.0134. The van der Waals surface area contributed by atoms with Gasteiger partial charge >= 0.3 is 6.18 Å². The molecule has 70 heavy (non-hydrogen) atoms. The van der Waals surface area contributed by atoms with Crippen molar-refractivity contribution >= 4 is 57.2 Å². The van der Waals surface area contributed by atoms with Gasteiger partial charge in [0.15, 0.2) is 5.82 Å². The van der Waals surface area contributed by atoms with Crippen LogP contribution in [0.3, 0.4) is 0 Å². The van der Waals surface area contributed by atoms with Crippen LogP contribution < -0.4 is 30.9 Å². The van der Waals surface area contributed by atoms with Gasteiger partial charge in [-0.05, 0) is 99.0 Å². The molecule has 4 aliphatic rings. The van der Waals surface area contributed by atoms with Gasteiger partial charge in [-0.2, -0.15) is 13.2 Å². The van der Waals surface area contributed by atoms with Gasteiger partial charge < -0.3 is 39.7 Å². The molecule has 3 aliphatic heterocycles. The third-order valence-corrected chi connectivity index (χ3v) is 14.5. The van der Waals surface area contributed by atoms with Crippen LogP contribution in [-0.2, 0) is 44.0 Å². The quantitative estimate of drug-likeness (QED) is 0.102. The zero-order chi connectivity index (χ0) is 49.4. The fourth-order valence-electron chi connectivity index (χ4n) is 11.2. The maximum absolute atomic E-state index is 14.1. The first-order chi connectivity index (χ1) is 33.4. The average Bonchev–Trinajstić information content (AvgIpc) is 4.01. The number of nitrogens with one attached hydrogen (secondary N) is 3. The fourth-order valence-corrected chi connectivity index (χ4v) is 11.2. The van der Waals surface area contributed by atoms with Crippen molar-refractivity contribution in [3.8, 4) is 11.3 Å². The van der Waals surface area contributed by atoms with Gasteiger partial charge in [0.25, 0.3) is 11.5 Å². The molecule has 5 aromatic heterocycles. The van der Waals surface area contributed by atoms with Crippen molar-refractivity contribution in [3.05, 3.63) is 112 Å². The Morgan fingerprint density at radius 1 is 1.00 bits per heavy atom. The molecule has 366 valence electrons. The third-order valence-electron chi connectivity index (χ3n) is 14.5. The molecule has 1 aliphatic carbocycles. The highest BCUT2D eigenvalue weighted by atomic mass is 19.4. The van der Waals surface area contributed by atoms with E-state index < -0.39 is 29.9 Å². The van der Waals surface area contributed by atoms with Gasteiger partial charge in [-0.25, -0.2) is 15.0 Å². The molecule has 0 saturated carbocycles. The number of amides is 2. The predicted octanol–water partition coefficient (Wildman–Crippen LogP) is 7.25. The number of aromatic amines is 1. The lowest BCUT2D eigenvalue weighted by atomic mass is 9.90. The van der Waals surface area contributed by atoms with Crippen LogP contribution in [0.2, 0.25) is 0 Å². The van der Waals surface area contributed by atoms with Crippen LogP contribution in [0.1, 0.15) is 73.5 Å². The third kappa shape index (κ3) is 8.58. The molecule has 19 heteroatoms. The Morgan fingerprint density at radius 2 is 1.81 bits per heavy atom. The number of hydrogen-bond acceptors (Lipinski definition) is 11. The molecular weight excluding hydrogens is 902 g/mol. The summed E-state index contributed by atoms with van der Waals surface area (Å²) in [4.78, 5) is 65.3. The number of halogens is 3. The van der Waals surface area contributed by atoms with Gasteiger partial charge in [0.2, 0.25) is 5.91 Å². The van der Waals surface area contributed by atoms with E-state index in [1.807, 2.05) is 18.2 Å². The van der Waals surface area contributed by atoms with Crippen molar-refractivity contribution in [3.63, 3.8) is 0 Å². The minimum Gasteiger partial charge on any atom is -0.392 e. The number of hydrogen-bond donors (Lipinski definition) is 4. The highest BCUT2D eigenvalue weighted by molar-refractivity contribution is 6.06. The summed E-state index contributed by atoms with van der Waals surface area (Å²) in [5.74, 6) is -0.225. The normalized spacial score (nSPS) is 20.4. The van der Waals surface area contributed by atoms with Gasteiger partial charge in [-0.3, -0.25) is 24.2 Å². The van der Waals surface area contributed by atoms with Crippen molar-refractivity contribution in [1.29, 1.82) is 0 Å². The Bertz CT molecular complexity index is 3120. The summed E-state index contributed by atoms with van der Waals surface area (Å²) >= 11 is 0. The smallest absolute Gasteiger partial charge is 0.392 e. The second-order valence-electron chi connectivity index (χ2n) is 20.0. The summed E-state index contributed by atoms with van der Waals surface area (Å²) in [6.07, 6.45) is 5.11. The van der Waals surface area contributed by atoms with Gasteiger partial charge in [0, 0.05) is 105 Å². The first-order valence-corrected chi connectivity index (χ1v) is 23.8. The number of carbonyl (C=O) groups is 2. The van der Waals surface area contributed by atoms with Gasteiger partial charge in [-0.1, -0.05) is 20.4 Å². The Labute approximate surface area is 402 Å². The van der Waals surface area contributed by atoms with Crippen LogP contribution in [0.15, 0.2) is 78.5 Å². The molecule has 16 nitrogen and oxygen atoms in total. The maximum Gasteiger partial charge on any atom is 0.431 e. The number of benzene rings is 1. The summed E-state index contributed by atoms with van der Waals surface area (Å²) < 4.78 is 43.6. The van der Waals surface area contributed by atoms with E-state index in [0.29, 0.717) is 70.8 Å². The van der Waals surface area contributed by atoms with E-state index in [0.717, 1.165) is 62.8 Å². The minimum atomic E-state index is -4.48. The second-order valence-corrected chi connectivity index (χ2v) is 20.0. The molecule has 10 rings (SSSR count). The highest BCUT2D eigenvalue weighted by Gasteiger charge is 2.39. The number of aryl methyl sites for hydroxylation is 1. The number of rotatable bonds is 10. The molecule has 4 N–H and O–H groups in total. The Hall–Kier alpha value is -6.99. The standard InChI is InChI=1S/C51H57F3N12O4/c1-7-44(68)58-38-22-33(8-9-40(38)64-15-14-62(26-30(64)3)34-11-13-63(29(2)18-34)35-19-31-21-43(51(52,53)54)60-45(31)56-25-35)57-46-49(70)61(6)27-39(59-46)36-10-12-55-47(37(36)28-67)66-17-16-65-41(48(66)69)20-32-23-50(4,5)24-42(32)65/h7-10,12,19-22,25,27,29-30,34,67H,1,11,13-18,23-24,26,28H2,2-6H3,(H,56,60)(H,57,59)(H,58,68)/t29-,30+,34?/m1/s1. The lowest BCUT2D eigenvalue weighted by Crippen LogP contribution is -2.58. The molecule has 8 heterocycles. The molecule has 0 radical (unpaired) electrons. The monoisotopic (exact) mass is 958 g/mol. The molecule has 1 aromatic carbocycles. The molecule has 2 saturated heterocycles. The van der Waals surface area contributed by atoms with Crippen LogP contribution in [-0.4, -0.2) is 102 Å². The summed E-state index contributed by atoms with van der Waals surface area (Å²) in [6.45, 7) is 15.9. The number of pyridine rings is 2.